The minimum Gasteiger partial charge on any atom is -0.456 e. The molecule has 0 saturated heterocycles. The van der Waals surface area contributed by atoms with E-state index in [0.29, 0.717) is 0 Å². The van der Waals surface area contributed by atoms with E-state index in [-0.39, 0.29) is 28.2 Å². The van der Waals surface area contributed by atoms with Gasteiger partial charge in [0.2, 0.25) is 0 Å². The molecule has 1 heterocycles. The summed E-state index contributed by atoms with van der Waals surface area (Å²) >= 11 is 0. The first kappa shape index (κ1) is 26.5. The minimum absolute atomic E-state index is 0.0996. The van der Waals surface area contributed by atoms with Crippen molar-refractivity contribution in [3.8, 4) is 5.69 Å². The number of hydrogen-bond acceptors (Lipinski definition) is 6. The lowest BCUT2D eigenvalue weighted by molar-refractivity contribution is -0.137. The van der Waals surface area contributed by atoms with Crippen molar-refractivity contribution < 1.29 is 27.5 Å². The number of rotatable bonds is 5. The molecule has 0 bridgehead atoms. The smallest absolute Gasteiger partial charge is 0.416 e. The number of nitrogens with zero attached hydrogens (tertiary/aromatic N) is 2. The molecule has 0 saturated carbocycles. The quantitative estimate of drug-likeness (QED) is 0.397. The number of alkyl halides is 3. The summed E-state index contributed by atoms with van der Waals surface area (Å²) in [5, 5.41) is 6.63. The second-order valence-electron chi connectivity index (χ2n) is 9.10. The number of halogens is 3. The number of esters is 1. The Balaban J connectivity index is 1.87. The van der Waals surface area contributed by atoms with Gasteiger partial charge in [0, 0.05) is 11.8 Å². The molecule has 3 rings (SSSR count). The molecule has 0 spiro atoms. The van der Waals surface area contributed by atoms with Gasteiger partial charge < -0.3 is 15.8 Å². The van der Waals surface area contributed by atoms with Crippen molar-refractivity contribution >= 4 is 17.6 Å². The first-order valence-electron chi connectivity index (χ1n) is 10.9. The normalized spacial score (nSPS) is 12.6. The molecular formula is C25H25F3N4O4. The molecule has 1 amide bonds. The van der Waals surface area contributed by atoms with Gasteiger partial charge in [0.25, 0.3) is 11.5 Å². The molecule has 2 aromatic carbocycles. The standard InChI is InChI=1S/C25H25F3N4O4/c1-14(16-10-17(25(26,27)28)13-18(29)11-16)30-22(34)20-8-9-21(33)32(31-20)19-7-5-6-15(12-19)23(35)36-24(2,3)4/h5-14H,29H2,1-4H3,(H,30,34)/t14-/m1/s1. The Bertz CT molecular complexity index is 1360. The second kappa shape index (κ2) is 9.84. The van der Waals surface area contributed by atoms with Gasteiger partial charge in [0.05, 0.1) is 22.9 Å². The van der Waals surface area contributed by atoms with E-state index >= 15 is 0 Å². The Labute approximate surface area is 204 Å². The predicted octanol–water partition coefficient (Wildman–Crippen LogP) is 4.28. The zero-order chi connectivity index (χ0) is 26.8. The first-order valence-corrected chi connectivity index (χ1v) is 10.9. The lowest BCUT2D eigenvalue weighted by atomic mass is 10.0. The van der Waals surface area contributed by atoms with E-state index in [4.69, 9.17) is 10.5 Å². The van der Waals surface area contributed by atoms with Crippen LogP contribution in [0.4, 0.5) is 18.9 Å². The summed E-state index contributed by atoms with van der Waals surface area (Å²) in [7, 11) is 0. The zero-order valence-corrected chi connectivity index (χ0v) is 20.0. The van der Waals surface area contributed by atoms with Crippen LogP contribution >= 0.6 is 0 Å². The average molecular weight is 502 g/mol. The summed E-state index contributed by atoms with van der Waals surface area (Å²) in [4.78, 5) is 37.7. The highest BCUT2D eigenvalue weighted by molar-refractivity contribution is 5.92. The van der Waals surface area contributed by atoms with Gasteiger partial charge in [-0.15, -0.1) is 0 Å². The van der Waals surface area contributed by atoms with Crippen molar-refractivity contribution in [1.82, 2.24) is 15.1 Å². The summed E-state index contributed by atoms with van der Waals surface area (Å²) in [6.45, 7) is 6.65. The van der Waals surface area contributed by atoms with Gasteiger partial charge in [-0.05, 0) is 75.7 Å². The van der Waals surface area contributed by atoms with E-state index in [1.54, 1.807) is 20.8 Å². The third kappa shape index (κ3) is 6.49. The number of anilines is 1. The van der Waals surface area contributed by atoms with Gasteiger partial charge in [0.15, 0.2) is 0 Å². The fourth-order valence-electron chi connectivity index (χ4n) is 3.26. The number of hydrogen-bond donors (Lipinski definition) is 2. The number of nitrogen functional groups attached to an aromatic ring is 1. The summed E-state index contributed by atoms with van der Waals surface area (Å²) in [5.74, 6) is -1.32. The van der Waals surface area contributed by atoms with E-state index in [9.17, 15) is 27.6 Å². The monoisotopic (exact) mass is 502 g/mol. The highest BCUT2D eigenvalue weighted by Crippen LogP contribution is 2.32. The average Bonchev–Trinajstić information content (AvgIpc) is 2.77. The molecule has 8 nitrogen and oxygen atoms in total. The number of aromatic nitrogens is 2. The van der Waals surface area contributed by atoms with Crippen molar-refractivity contribution in [1.29, 1.82) is 0 Å². The fourth-order valence-corrected chi connectivity index (χ4v) is 3.26. The third-order valence-corrected chi connectivity index (χ3v) is 4.91. The first-order chi connectivity index (χ1) is 16.6. The number of nitrogens with one attached hydrogen (secondary N) is 1. The van der Waals surface area contributed by atoms with Crippen LogP contribution in [0.1, 0.15) is 65.7 Å². The number of nitrogens with two attached hydrogens (primary N) is 1. The van der Waals surface area contributed by atoms with Gasteiger partial charge in [-0.3, -0.25) is 9.59 Å². The summed E-state index contributed by atoms with van der Waals surface area (Å²) in [6.07, 6.45) is -4.60. The van der Waals surface area contributed by atoms with Crippen molar-refractivity contribution in [3.05, 3.63) is 87.3 Å². The molecule has 0 fully saturated rings. The largest absolute Gasteiger partial charge is 0.456 e. The molecule has 0 unspecified atom stereocenters. The van der Waals surface area contributed by atoms with Crippen LogP contribution in [0, 0.1) is 0 Å². The van der Waals surface area contributed by atoms with Crippen molar-refractivity contribution in [3.63, 3.8) is 0 Å². The summed E-state index contributed by atoms with van der Waals surface area (Å²) < 4.78 is 45.7. The molecule has 0 aliphatic carbocycles. The van der Waals surface area contributed by atoms with Crippen LogP contribution in [-0.4, -0.2) is 27.3 Å². The van der Waals surface area contributed by atoms with Crippen LogP contribution in [-0.2, 0) is 10.9 Å². The molecule has 1 aromatic heterocycles. The third-order valence-electron chi connectivity index (χ3n) is 4.91. The van der Waals surface area contributed by atoms with Crippen LogP contribution in [0.15, 0.2) is 59.4 Å². The van der Waals surface area contributed by atoms with Crippen LogP contribution in [0.5, 0.6) is 0 Å². The maximum Gasteiger partial charge on any atom is 0.416 e. The number of amides is 1. The Morgan fingerprint density at radius 3 is 2.39 bits per heavy atom. The SMILES string of the molecule is C[C@@H](NC(=O)c1ccc(=O)n(-c2cccc(C(=O)OC(C)(C)C)c2)n1)c1cc(N)cc(C(F)(F)F)c1. The molecule has 0 aliphatic rings. The van der Waals surface area contributed by atoms with Crippen molar-refractivity contribution in [2.45, 2.75) is 45.5 Å². The molecule has 190 valence electrons. The van der Waals surface area contributed by atoms with Crippen LogP contribution in [0.2, 0.25) is 0 Å². The van der Waals surface area contributed by atoms with Crippen molar-refractivity contribution in [2.75, 3.05) is 5.73 Å². The molecular weight excluding hydrogens is 477 g/mol. The minimum atomic E-state index is -4.60. The van der Waals surface area contributed by atoms with Crippen molar-refractivity contribution in [2.24, 2.45) is 0 Å². The highest BCUT2D eigenvalue weighted by atomic mass is 19.4. The molecule has 1 atom stereocenters. The van der Waals surface area contributed by atoms with Crippen LogP contribution < -0.4 is 16.6 Å². The van der Waals surface area contributed by atoms with Gasteiger partial charge in [-0.25, -0.2) is 4.79 Å². The molecule has 3 aromatic rings. The summed E-state index contributed by atoms with van der Waals surface area (Å²) in [5.41, 5.74) is 3.67. The second-order valence-corrected chi connectivity index (χ2v) is 9.10. The molecule has 11 heteroatoms. The van der Waals surface area contributed by atoms with Crippen LogP contribution in [0.25, 0.3) is 5.69 Å². The van der Waals surface area contributed by atoms with E-state index in [0.717, 1.165) is 22.9 Å². The Hall–Kier alpha value is -4.15. The Kier molecular flexibility index (Phi) is 7.23. The molecule has 3 N–H and O–H groups in total. The van der Waals surface area contributed by atoms with E-state index < -0.39 is 40.8 Å². The molecule has 36 heavy (non-hydrogen) atoms. The number of carbonyl (C=O) groups excluding carboxylic acids is 2. The molecule has 0 radical (unpaired) electrons. The predicted molar refractivity (Wildman–Crippen MR) is 127 cm³/mol. The Morgan fingerprint density at radius 2 is 1.75 bits per heavy atom. The van der Waals surface area contributed by atoms with Gasteiger partial charge in [-0.2, -0.15) is 23.0 Å². The van der Waals surface area contributed by atoms with Gasteiger partial charge >= 0.3 is 12.1 Å². The number of carbonyl (C=O) groups is 2. The maximum atomic E-state index is 13.1. The maximum absolute atomic E-state index is 13.1. The zero-order valence-electron chi connectivity index (χ0n) is 20.0. The topological polar surface area (TPSA) is 116 Å². The number of ether oxygens (including phenoxy) is 1. The fraction of sp³-hybridized carbons (Fsp3) is 0.280. The van der Waals surface area contributed by atoms with Crippen LogP contribution in [0.3, 0.4) is 0 Å². The van der Waals surface area contributed by atoms with Gasteiger partial charge in [0.1, 0.15) is 11.3 Å². The Morgan fingerprint density at radius 1 is 1.06 bits per heavy atom. The van der Waals surface area contributed by atoms with Gasteiger partial charge in [-0.1, -0.05) is 6.07 Å². The lowest BCUT2D eigenvalue weighted by Gasteiger charge is -2.19. The molecule has 0 aliphatic heterocycles. The summed E-state index contributed by atoms with van der Waals surface area (Å²) in [6, 6.07) is 10.5. The van der Waals surface area contributed by atoms with E-state index in [1.807, 2.05) is 0 Å². The van der Waals surface area contributed by atoms with E-state index in [1.165, 1.54) is 43.3 Å². The highest BCUT2D eigenvalue weighted by Gasteiger charge is 2.31. The number of benzene rings is 2. The lowest BCUT2D eigenvalue weighted by Crippen LogP contribution is -2.31. The van der Waals surface area contributed by atoms with E-state index in [2.05, 4.69) is 10.4 Å².